The summed E-state index contributed by atoms with van der Waals surface area (Å²) in [7, 11) is 0. The highest BCUT2D eigenvalue weighted by Gasteiger charge is 2.10. The first-order valence-corrected chi connectivity index (χ1v) is 7.64. The maximum Gasteiger partial charge on any atom is 0.206 e. The van der Waals surface area contributed by atoms with Gasteiger partial charge in [-0.25, -0.2) is 0 Å². The SMILES string of the molecule is O=C(C(Br)=Cc1ccccc1)/C(Br)=C/c1ccccc1. The lowest BCUT2D eigenvalue weighted by molar-refractivity contribution is -0.110. The molecule has 100 valence electrons. The van der Waals surface area contributed by atoms with Crippen molar-refractivity contribution in [2.75, 3.05) is 0 Å². The first-order valence-electron chi connectivity index (χ1n) is 6.06. The maximum atomic E-state index is 12.2. The van der Waals surface area contributed by atoms with Gasteiger partial charge >= 0.3 is 0 Å². The third kappa shape index (κ3) is 4.29. The molecule has 0 aliphatic heterocycles. The Bertz CT molecular complexity index is 586. The Hall–Kier alpha value is -1.45. The highest BCUT2D eigenvalue weighted by atomic mass is 79.9. The van der Waals surface area contributed by atoms with Crippen LogP contribution in [0.2, 0.25) is 0 Å². The van der Waals surface area contributed by atoms with Crippen LogP contribution in [0.5, 0.6) is 0 Å². The largest absolute Gasteiger partial charge is 0.287 e. The molecule has 3 heteroatoms. The third-order valence-electron chi connectivity index (χ3n) is 2.62. The summed E-state index contributed by atoms with van der Waals surface area (Å²) < 4.78 is 1.03. The minimum absolute atomic E-state index is 0.0855. The Morgan fingerprint density at radius 3 is 1.40 bits per heavy atom. The molecular weight excluding hydrogens is 380 g/mol. The number of allylic oxidation sites excluding steroid dienone is 2. The molecule has 1 nitrogen and oxygen atoms in total. The van der Waals surface area contributed by atoms with Crippen LogP contribution in [-0.2, 0) is 4.79 Å². The van der Waals surface area contributed by atoms with E-state index in [4.69, 9.17) is 0 Å². The Morgan fingerprint density at radius 1 is 0.700 bits per heavy atom. The second-order valence-electron chi connectivity index (χ2n) is 4.14. The molecule has 0 atom stereocenters. The van der Waals surface area contributed by atoms with Crippen LogP contribution < -0.4 is 0 Å². The molecule has 2 aromatic rings. The van der Waals surface area contributed by atoms with Crippen LogP contribution >= 0.6 is 31.9 Å². The zero-order chi connectivity index (χ0) is 14.4. The normalized spacial score (nSPS) is 12.3. The van der Waals surface area contributed by atoms with Crippen LogP contribution in [0.3, 0.4) is 0 Å². The minimum atomic E-state index is -0.0855. The number of halogens is 2. The number of Topliss-reactive ketones (excluding diaryl/α,β-unsaturated/α-hetero) is 1. The van der Waals surface area contributed by atoms with Crippen LogP contribution in [0, 0.1) is 0 Å². The lowest BCUT2D eigenvalue weighted by atomic mass is 10.1. The Morgan fingerprint density at radius 2 is 1.05 bits per heavy atom. The van der Waals surface area contributed by atoms with E-state index in [-0.39, 0.29) is 5.78 Å². The van der Waals surface area contributed by atoms with Gasteiger partial charge in [-0.3, -0.25) is 4.79 Å². The Balaban J connectivity index is 2.19. The molecular formula is C17H12Br2O. The topological polar surface area (TPSA) is 17.1 Å². The van der Waals surface area contributed by atoms with E-state index in [9.17, 15) is 4.79 Å². The van der Waals surface area contributed by atoms with Crippen molar-refractivity contribution in [3.63, 3.8) is 0 Å². The Kier molecular flexibility index (Phi) is 5.50. The second-order valence-corrected chi connectivity index (χ2v) is 5.84. The van der Waals surface area contributed by atoms with Crippen LogP contribution in [0.25, 0.3) is 12.2 Å². The standard InChI is InChI=1S/C17H12Br2O/c18-15(11-13-7-3-1-4-8-13)17(20)16(19)12-14-9-5-2-6-10-14/h1-12H/b15-11-,16-12?. The first-order chi connectivity index (χ1) is 9.66. The Labute approximate surface area is 135 Å². The molecule has 20 heavy (non-hydrogen) atoms. The summed E-state index contributed by atoms with van der Waals surface area (Å²) in [6.45, 7) is 0. The fourth-order valence-corrected chi connectivity index (χ4v) is 2.86. The molecule has 0 N–H and O–H groups in total. The van der Waals surface area contributed by atoms with E-state index in [0.29, 0.717) is 8.96 Å². The van der Waals surface area contributed by atoms with E-state index in [2.05, 4.69) is 31.9 Å². The van der Waals surface area contributed by atoms with Crippen molar-refractivity contribution in [2.45, 2.75) is 0 Å². The van der Waals surface area contributed by atoms with Gasteiger partial charge in [0.05, 0.1) is 8.96 Å². The van der Waals surface area contributed by atoms with E-state index in [1.165, 1.54) is 0 Å². The van der Waals surface area contributed by atoms with Crippen molar-refractivity contribution >= 4 is 49.8 Å². The first kappa shape index (κ1) is 14.9. The molecule has 0 heterocycles. The predicted molar refractivity (Wildman–Crippen MR) is 91.7 cm³/mol. The summed E-state index contributed by atoms with van der Waals surface area (Å²) in [5.41, 5.74) is 1.96. The molecule has 0 radical (unpaired) electrons. The zero-order valence-corrected chi connectivity index (χ0v) is 13.8. The van der Waals surface area contributed by atoms with E-state index in [1.807, 2.05) is 72.8 Å². The molecule has 0 unspecified atom stereocenters. The van der Waals surface area contributed by atoms with Gasteiger partial charge in [0.15, 0.2) is 0 Å². The van der Waals surface area contributed by atoms with Crippen molar-refractivity contribution in [2.24, 2.45) is 0 Å². The van der Waals surface area contributed by atoms with Gasteiger partial charge in [-0.05, 0) is 55.1 Å². The van der Waals surface area contributed by atoms with Crippen molar-refractivity contribution in [3.05, 3.63) is 80.8 Å². The van der Waals surface area contributed by atoms with Crippen LogP contribution in [0.15, 0.2) is 69.6 Å². The van der Waals surface area contributed by atoms with Gasteiger partial charge in [-0.2, -0.15) is 0 Å². The average Bonchev–Trinajstić information content (AvgIpc) is 2.48. The number of hydrogen-bond acceptors (Lipinski definition) is 1. The van der Waals surface area contributed by atoms with E-state index < -0.39 is 0 Å². The van der Waals surface area contributed by atoms with Gasteiger partial charge in [0, 0.05) is 0 Å². The molecule has 0 amide bonds. The molecule has 0 aliphatic rings. The minimum Gasteiger partial charge on any atom is -0.287 e. The lowest BCUT2D eigenvalue weighted by Gasteiger charge is -2.00. The quantitative estimate of drug-likeness (QED) is 0.635. The molecule has 0 bridgehead atoms. The van der Waals surface area contributed by atoms with Crippen molar-refractivity contribution in [1.29, 1.82) is 0 Å². The summed E-state index contributed by atoms with van der Waals surface area (Å²) in [4.78, 5) is 12.2. The smallest absolute Gasteiger partial charge is 0.206 e. The fourth-order valence-electron chi connectivity index (χ4n) is 1.64. The number of rotatable bonds is 4. The summed E-state index contributed by atoms with van der Waals surface area (Å²) in [5, 5.41) is 0. The summed E-state index contributed by atoms with van der Waals surface area (Å²) in [6.07, 6.45) is 3.62. The molecule has 0 aromatic heterocycles. The van der Waals surface area contributed by atoms with Gasteiger partial charge in [-0.15, -0.1) is 0 Å². The van der Waals surface area contributed by atoms with E-state index in [0.717, 1.165) is 11.1 Å². The van der Waals surface area contributed by atoms with Crippen molar-refractivity contribution in [3.8, 4) is 0 Å². The summed E-state index contributed by atoms with van der Waals surface area (Å²) >= 11 is 6.67. The molecule has 0 saturated heterocycles. The number of carbonyl (C=O) groups excluding carboxylic acids is 1. The van der Waals surface area contributed by atoms with Gasteiger partial charge < -0.3 is 0 Å². The lowest BCUT2D eigenvalue weighted by Crippen LogP contribution is -1.96. The van der Waals surface area contributed by atoms with Crippen molar-refractivity contribution in [1.82, 2.24) is 0 Å². The predicted octanol–water partition coefficient (Wildman–Crippen LogP) is 5.43. The monoisotopic (exact) mass is 390 g/mol. The molecule has 0 aliphatic carbocycles. The maximum absolute atomic E-state index is 12.2. The van der Waals surface area contributed by atoms with Crippen molar-refractivity contribution < 1.29 is 4.79 Å². The van der Waals surface area contributed by atoms with Crippen LogP contribution in [-0.4, -0.2) is 5.78 Å². The number of hydrogen-bond donors (Lipinski definition) is 0. The number of ketones is 1. The number of carbonyl (C=O) groups is 1. The average molecular weight is 392 g/mol. The summed E-state index contributed by atoms with van der Waals surface area (Å²) in [6, 6.07) is 19.4. The van der Waals surface area contributed by atoms with Crippen LogP contribution in [0.4, 0.5) is 0 Å². The molecule has 2 aromatic carbocycles. The molecule has 2 rings (SSSR count). The van der Waals surface area contributed by atoms with Gasteiger partial charge in [0.25, 0.3) is 0 Å². The highest BCUT2D eigenvalue weighted by Crippen LogP contribution is 2.22. The van der Waals surface area contributed by atoms with Gasteiger partial charge in [-0.1, -0.05) is 60.7 Å². The summed E-state index contributed by atoms with van der Waals surface area (Å²) in [5.74, 6) is -0.0855. The van der Waals surface area contributed by atoms with E-state index in [1.54, 1.807) is 0 Å². The third-order valence-corrected chi connectivity index (χ3v) is 3.80. The fraction of sp³-hybridized carbons (Fsp3) is 0. The molecule has 0 spiro atoms. The van der Waals surface area contributed by atoms with Gasteiger partial charge in [0.1, 0.15) is 0 Å². The number of benzene rings is 2. The second kappa shape index (κ2) is 7.36. The molecule has 0 saturated carbocycles. The van der Waals surface area contributed by atoms with Crippen LogP contribution in [0.1, 0.15) is 11.1 Å². The zero-order valence-electron chi connectivity index (χ0n) is 10.6. The van der Waals surface area contributed by atoms with Gasteiger partial charge in [0.2, 0.25) is 5.78 Å². The molecule has 0 fully saturated rings. The van der Waals surface area contributed by atoms with E-state index >= 15 is 0 Å². The highest BCUT2D eigenvalue weighted by molar-refractivity contribution is 9.13.